The summed E-state index contributed by atoms with van der Waals surface area (Å²) in [6, 6.07) is 10.9. The Morgan fingerprint density at radius 1 is 1.20 bits per heavy atom. The minimum atomic E-state index is 0.889. The quantitative estimate of drug-likeness (QED) is 0.818. The molecule has 0 unspecified atom stereocenters. The van der Waals surface area contributed by atoms with Gasteiger partial charge >= 0.3 is 0 Å². The van der Waals surface area contributed by atoms with Crippen molar-refractivity contribution in [3.8, 4) is 0 Å². The van der Waals surface area contributed by atoms with E-state index in [1.807, 2.05) is 18.5 Å². The molecule has 2 N–H and O–H groups in total. The molecule has 0 spiro atoms. The number of pyridine rings is 1. The van der Waals surface area contributed by atoms with Crippen LogP contribution in [0.2, 0.25) is 0 Å². The summed E-state index contributed by atoms with van der Waals surface area (Å²) in [5, 5.41) is 6.93. The Kier molecular flexibility index (Phi) is 4.28. The van der Waals surface area contributed by atoms with E-state index in [9.17, 15) is 0 Å². The van der Waals surface area contributed by atoms with Crippen LogP contribution in [0, 0.1) is 0 Å². The average molecular weight is 267 g/mol. The zero-order valence-electron chi connectivity index (χ0n) is 11.7. The van der Waals surface area contributed by atoms with Gasteiger partial charge in [0.15, 0.2) is 0 Å². The van der Waals surface area contributed by atoms with Crippen LogP contribution in [0.4, 0.5) is 5.69 Å². The molecule has 0 atom stereocenters. The first-order valence-electron chi connectivity index (χ1n) is 7.37. The Hall–Kier alpha value is -1.87. The number of nitrogens with one attached hydrogen (secondary N) is 2. The van der Waals surface area contributed by atoms with E-state index in [0.717, 1.165) is 26.1 Å². The van der Waals surface area contributed by atoms with Gasteiger partial charge in [-0.05, 0) is 54.6 Å². The standard InChI is InChI=1S/C17H21N3/c1-3-15(12-18-8-1)13-19-10-7-14-5-6-17-16(11-14)4-2-9-20-17/h1,3,5-6,8,11-12,19-20H,2,4,7,9-10,13H2. The highest BCUT2D eigenvalue weighted by Crippen LogP contribution is 2.22. The molecule has 3 heteroatoms. The molecule has 0 saturated heterocycles. The number of fused-ring (bicyclic) bond motifs is 1. The highest BCUT2D eigenvalue weighted by Gasteiger charge is 2.08. The van der Waals surface area contributed by atoms with Crippen molar-refractivity contribution in [3.63, 3.8) is 0 Å². The highest BCUT2D eigenvalue weighted by atomic mass is 14.9. The molecule has 3 nitrogen and oxygen atoms in total. The molecule has 20 heavy (non-hydrogen) atoms. The van der Waals surface area contributed by atoms with E-state index in [-0.39, 0.29) is 0 Å². The lowest BCUT2D eigenvalue weighted by atomic mass is 9.99. The summed E-state index contributed by atoms with van der Waals surface area (Å²) in [7, 11) is 0. The second kappa shape index (κ2) is 6.53. The molecule has 1 aliphatic rings. The van der Waals surface area contributed by atoms with Crippen molar-refractivity contribution in [2.75, 3.05) is 18.4 Å². The number of anilines is 1. The van der Waals surface area contributed by atoms with E-state index >= 15 is 0 Å². The summed E-state index contributed by atoms with van der Waals surface area (Å²) in [4.78, 5) is 4.12. The second-order valence-electron chi connectivity index (χ2n) is 5.31. The van der Waals surface area contributed by atoms with Crippen LogP contribution in [0.15, 0.2) is 42.7 Å². The molecule has 0 aliphatic carbocycles. The summed E-state index contributed by atoms with van der Waals surface area (Å²) in [6.45, 7) is 3.00. The zero-order valence-corrected chi connectivity index (χ0v) is 11.7. The van der Waals surface area contributed by atoms with Crippen molar-refractivity contribution in [2.45, 2.75) is 25.8 Å². The van der Waals surface area contributed by atoms with Gasteiger partial charge in [0.25, 0.3) is 0 Å². The summed E-state index contributed by atoms with van der Waals surface area (Å²) in [5.74, 6) is 0. The Labute approximate surface area is 120 Å². The number of benzene rings is 1. The molecule has 0 fully saturated rings. The van der Waals surface area contributed by atoms with Crippen LogP contribution in [0.5, 0.6) is 0 Å². The predicted octanol–water partition coefficient (Wildman–Crippen LogP) is 2.77. The van der Waals surface area contributed by atoms with Crippen molar-refractivity contribution in [1.29, 1.82) is 0 Å². The molecule has 1 aliphatic heterocycles. The maximum Gasteiger partial charge on any atom is 0.0372 e. The minimum absolute atomic E-state index is 0.889. The molecule has 1 aromatic carbocycles. The lowest BCUT2D eigenvalue weighted by Crippen LogP contribution is -2.17. The van der Waals surface area contributed by atoms with Gasteiger partial charge < -0.3 is 10.6 Å². The first kappa shape index (κ1) is 13.1. The third kappa shape index (κ3) is 3.36. The fourth-order valence-electron chi connectivity index (χ4n) is 2.65. The lowest BCUT2D eigenvalue weighted by molar-refractivity contribution is 0.684. The number of hydrogen-bond donors (Lipinski definition) is 2. The van der Waals surface area contributed by atoms with Gasteiger partial charge in [-0.2, -0.15) is 0 Å². The molecular formula is C17H21N3. The number of aromatic nitrogens is 1. The highest BCUT2D eigenvalue weighted by molar-refractivity contribution is 5.54. The van der Waals surface area contributed by atoms with E-state index in [4.69, 9.17) is 0 Å². The van der Waals surface area contributed by atoms with E-state index < -0.39 is 0 Å². The summed E-state index contributed by atoms with van der Waals surface area (Å²) in [6.07, 6.45) is 7.25. The molecule has 1 aromatic heterocycles. The van der Waals surface area contributed by atoms with Crippen molar-refractivity contribution in [2.24, 2.45) is 0 Å². The predicted molar refractivity (Wildman–Crippen MR) is 82.9 cm³/mol. The molecule has 0 amide bonds. The van der Waals surface area contributed by atoms with E-state index in [1.54, 1.807) is 0 Å². The van der Waals surface area contributed by atoms with Crippen LogP contribution in [0.25, 0.3) is 0 Å². The zero-order chi connectivity index (χ0) is 13.6. The van der Waals surface area contributed by atoms with Crippen LogP contribution in [0.1, 0.15) is 23.1 Å². The molecule has 0 bridgehead atoms. The normalized spacial score (nSPS) is 13.6. The van der Waals surface area contributed by atoms with E-state index in [1.165, 1.54) is 35.2 Å². The molecule has 2 aromatic rings. The van der Waals surface area contributed by atoms with Gasteiger partial charge in [-0.1, -0.05) is 18.2 Å². The third-order valence-corrected chi connectivity index (χ3v) is 3.75. The van der Waals surface area contributed by atoms with Gasteiger partial charge in [-0.25, -0.2) is 0 Å². The van der Waals surface area contributed by atoms with Crippen molar-refractivity contribution >= 4 is 5.69 Å². The van der Waals surface area contributed by atoms with Crippen LogP contribution in [0.3, 0.4) is 0 Å². The number of aryl methyl sites for hydroxylation is 1. The summed E-state index contributed by atoms with van der Waals surface area (Å²) >= 11 is 0. The van der Waals surface area contributed by atoms with Crippen molar-refractivity contribution < 1.29 is 0 Å². The smallest absolute Gasteiger partial charge is 0.0372 e. The Morgan fingerprint density at radius 3 is 3.10 bits per heavy atom. The van der Waals surface area contributed by atoms with E-state index in [2.05, 4.69) is 39.9 Å². The largest absolute Gasteiger partial charge is 0.385 e. The first-order chi connectivity index (χ1) is 9.92. The molecule has 2 heterocycles. The minimum Gasteiger partial charge on any atom is -0.385 e. The Balaban J connectivity index is 1.49. The maximum absolute atomic E-state index is 4.12. The van der Waals surface area contributed by atoms with Gasteiger partial charge in [0, 0.05) is 31.2 Å². The number of nitrogens with zero attached hydrogens (tertiary/aromatic N) is 1. The van der Waals surface area contributed by atoms with Crippen LogP contribution in [-0.2, 0) is 19.4 Å². The molecule has 104 valence electrons. The third-order valence-electron chi connectivity index (χ3n) is 3.75. The molecule has 3 rings (SSSR count). The fraction of sp³-hybridized carbons (Fsp3) is 0.353. The lowest BCUT2D eigenvalue weighted by Gasteiger charge is -2.18. The Bertz CT molecular complexity index is 551. The fourth-order valence-corrected chi connectivity index (χ4v) is 2.65. The average Bonchev–Trinajstić information content (AvgIpc) is 2.52. The Morgan fingerprint density at radius 2 is 2.20 bits per heavy atom. The number of hydrogen-bond acceptors (Lipinski definition) is 3. The monoisotopic (exact) mass is 267 g/mol. The summed E-state index contributed by atoms with van der Waals surface area (Å²) in [5.41, 5.74) is 5.46. The van der Waals surface area contributed by atoms with Crippen LogP contribution >= 0.6 is 0 Å². The first-order valence-corrected chi connectivity index (χ1v) is 7.37. The van der Waals surface area contributed by atoms with Crippen LogP contribution in [-0.4, -0.2) is 18.1 Å². The van der Waals surface area contributed by atoms with Crippen molar-refractivity contribution in [3.05, 3.63) is 59.4 Å². The van der Waals surface area contributed by atoms with Crippen LogP contribution < -0.4 is 10.6 Å². The van der Waals surface area contributed by atoms with Gasteiger partial charge in [-0.15, -0.1) is 0 Å². The molecule has 0 saturated carbocycles. The van der Waals surface area contributed by atoms with Gasteiger partial charge in [-0.3, -0.25) is 4.98 Å². The SMILES string of the molecule is c1cncc(CNCCc2ccc3c(c2)CCCN3)c1. The molecular weight excluding hydrogens is 246 g/mol. The summed E-state index contributed by atoms with van der Waals surface area (Å²) < 4.78 is 0. The number of rotatable bonds is 5. The maximum atomic E-state index is 4.12. The molecule has 0 radical (unpaired) electrons. The second-order valence-corrected chi connectivity index (χ2v) is 5.31. The van der Waals surface area contributed by atoms with Gasteiger partial charge in [0.2, 0.25) is 0 Å². The van der Waals surface area contributed by atoms with Gasteiger partial charge in [0.1, 0.15) is 0 Å². The van der Waals surface area contributed by atoms with Crippen molar-refractivity contribution in [1.82, 2.24) is 10.3 Å². The van der Waals surface area contributed by atoms with Gasteiger partial charge in [0.05, 0.1) is 0 Å². The van der Waals surface area contributed by atoms with E-state index in [0.29, 0.717) is 0 Å². The topological polar surface area (TPSA) is 37.0 Å².